The third-order valence-electron chi connectivity index (χ3n) is 11.9. The number of carbonyl (C=O) groups excluding carboxylic acids is 2. The fourth-order valence-electron chi connectivity index (χ4n) is 9.21. The zero-order valence-electron chi connectivity index (χ0n) is 30.1. The Balaban J connectivity index is 0.854. The molecule has 0 bridgehead atoms. The summed E-state index contributed by atoms with van der Waals surface area (Å²) in [6.45, 7) is 8.03. The van der Waals surface area contributed by atoms with Crippen LogP contribution in [0.1, 0.15) is 76.0 Å². The smallest absolute Gasteiger partial charge is 0.237 e. The Labute approximate surface area is 300 Å². The number of pyridine rings is 1. The molecule has 270 valence electrons. The molecular formula is C39H51N9O3. The van der Waals surface area contributed by atoms with Crippen molar-refractivity contribution in [3.63, 3.8) is 0 Å². The highest BCUT2D eigenvalue weighted by atomic mass is 16.5. The number of piperidine rings is 1. The largest absolute Gasteiger partial charge is 0.475 e. The molecule has 2 amide bonds. The summed E-state index contributed by atoms with van der Waals surface area (Å²) in [6.07, 6.45) is 12.5. The Morgan fingerprint density at radius 1 is 1.02 bits per heavy atom. The van der Waals surface area contributed by atoms with Crippen LogP contribution in [0, 0.1) is 11.3 Å². The SMILES string of the molecule is CC(C)Oc1ccc(C2NNC3CCC(N4CCCC5(CCN(CC(=O)N6CC=C(c7ccc(-c8ncn(C)n8)cc7)CC6)C5)C4=O)CC32)cn1. The van der Waals surface area contributed by atoms with Crippen LogP contribution in [0.15, 0.2) is 55.0 Å². The molecule has 1 spiro atoms. The van der Waals surface area contributed by atoms with Crippen LogP contribution in [-0.4, -0.2) is 104 Å². The van der Waals surface area contributed by atoms with Gasteiger partial charge in [0.25, 0.3) is 0 Å². The second-order valence-electron chi connectivity index (χ2n) is 15.6. The van der Waals surface area contributed by atoms with Crippen molar-refractivity contribution in [3.8, 4) is 17.3 Å². The summed E-state index contributed by atoms with van der Waals surface area (Å²) in [4.78, 5) is 43.2. The number of ether oxygens (including phenoxy) is 1. The molecule has 5 atom stereocenters. The van der Waals surface area contributed by atoms with Gasteiger partial charge in [0.05, 0.1) is 24.1 Å². The van der Waals surface area contributed by atoms with Gasteiger partial charge in [-0.15, -0.1) is 0 Å². The average Bonchev–Trinajstić information content (AvgIpc) is 3.88. The third kappa shape index (κ3) is 6.93. The predicted octanol–water partition coefficient (Wildman–Crippen LogP) is 3.98. The number of carbonyl (C=O) groups is 2. The van der Waals surface area contributed by atoms with E-state index in [1.807, 2.05) is 38.1 Å². The lowest BCUT2D eigenvalue weighted by Crippen LogP contribution is -2.56. The molecule has 5 aliphatic rings. The number of hydrazine groups is 1. The minimum atomic E-state index is -0.372. The maximum absolute atomic E-state index is 14.4. The van der Waals surface area contributed by atoms with Gasteiger partial charge in [0, 0.05) is 63.1 Å². The number of nitrogens with one attached hydrogen (secondary N) is 2. The van der Waals surface area contributed by atoms with Gasteiger partial charge in [-0.3, -0.25) is 24.6 Å². The summed E-state index contributed by atoms with van der Waals surface area (Å²) >= 11 is 0. The topological polar surface area (TPSA) is 121 Å². The van der Waals surface area contributed by atoms with Crippen molar-refractivity contribution in [1.29, 1.82) is 0 Å². The van der Waals surface area contributed by atoms with Crippen LogP contribution in [0.2, 0.25) is 0 Å². The van der Waals surface area contributed by atoms with Gasteiger partial charge in [0.2, 0.25) is 17.7 Å². The van der Waals surface area contributed by atoms with Crippen LogP contribution in [0.5, 0.6) is 5.88 Å². The van der Waals surface area contributed by atoms with E-state index in [-0.39, 0.29) is 29.5 Å². The molecule has 2 aromatic heterocycles. The van der Waals surface area contributed by atoms with Crippen molar-refractivity contribution in [2.75, 3.05) is 39.3 Å². The molecule has 4 aliphatic heterocycles. The summed E-state index contributed by atoms with van der Waals surface area (Å²) in [7, 11) is 1.87. The molecule has 2 N–H and O–H groups in total. The van der Waals surface area contributed by atoms with E-state index in [1.165, 1.54) is 11.1 Å². The monoisotopic (exact) mass is 693 g/mol. The van der Waals surface area contributed by atoms with Crippen LogP contribution in [-0.2, 0) is 16.6 Å². The van der Waals surface area contributed by atoms with Crippen molar-refractivity contribution in [3.05, 3.63) is 66.1 Å². The quantitative estimate of drug-likeness (QED) is 0.361. The van der Waals surface area contributed by atoms with Gasteiger partial charge < -0.3 is 14.5 Å². The number of amides is 2. The van der Waals surface area contributed by atoms with Crippen molar-refractivity contribution in [2.24, 2.45) is 18.4 Å². The number of nitrogens with zero attached hydrogens (tertiary/aromatic N) is 7. The van der Waals surface area contributed by atoms with Gasteiger partial charge in [0.1, 0.15) is 6.33 Å². The Kier molecular flexibility index (Phi) is 9.41. The van der Waals surface area contributed by atoms with Gasteiger partial charge in [-0.25, -0.2) is 15.4 Å². The van der Waals surface area contributed by atoms with E-state index in [9.17, 15) is 9.59 Å². The zero-order chi connectivity index (χ0) is 35.1. The molecule has 1 aliphatic carbocycles. The lowest BCUT2D eigenvalue weighted by atomic mass is 9.74. The molecule has 6 heterocycles. The maximum Gasteiger partial charge on any atom is 0.237 e. The summed E-state index contributed by atoms with van der Waals surface area (Å²) in [5.41, 5.74) is 11.3. The van der Waals surface area contributed by atoms with E-state index in [4.69, 9.17) is 4.74 Å². The van der Waals surface area contributed by atoms with E-state index < -0.39 is 0 Å². The van der Waals surface area contributed by atoms with Crippen LogP contribution in [0.3, 0.4) is 0 Å². The Hall–Kier alpha value is -4.13. The van der Waals surface area contributed by atoms with Crippen molar-refractivity contribution < 1.29 is 14.3 Å². The second kappa shape index (κ2) is 14.1. The standard InChI is InChI=1S/C39H51N9O3/c1-26(2)51-34-12-9-30(22-40-34)36-32-21-31(10-11-33(32)42-43-36)48-17-4-15-39(38(48)50)16-20-46(24-39)23-35(49)47-18-13-28(14-19-47)27-5-7-29(8-6-27)37-41-25-45(3)44-37/h5-9,12-13,22,25-26,31-33,36,42-43H,4,10-11,14-21,23-24H2,1-3H3. The van der Waals surface area contributed by atoms with Gasteiger partial charge in [-0.1, -0.05) is 36.4 Å². The van der Waals surface area contributed by atoms with Crippen molar-refractivity contribution >= 4 is 17.4 Å². The molecule has 4 fully saturated rings. The van der Waals surface area contributed by atoms with Crippen molar-refractivity contribution in [1.82, 2.24) is 45.3 Å². The Bertz CT molecular complexity index is 1760. The molecule has 1 aromatic carbocycles. The first-order valence-electron chi connectivity index (χ1n) is 18.8. The first kappa shape index (κ1) is 34.0. The van der Waals surface area contributed by atoms with Crippen molar-refractivity contribution in [2.45, 2.75) is 83.0 Å². The maximum atomic E-state index is 14.4. The van der Waals surface area contributed by atoms with Gasteiger partial charge in [0.15, 0.2) is 5.82 Å². The van der Waals surface area contributed by atoms with E-state index in [2.05, 4.69) is 72.1 Å². The Morgan fingerprint density at radius 3 is 2.59 bits per heavy atom. The molecule has 8 rings (SSSR count). The third-order valence-corrected chi connectivity index (χ3v) is 11.9. The molecular weight excluding hydrogens is 642 g/mol. The lowest BCUT2D eigenvalue weighted by molar-refractivity contribution is -0.150. The fraction of sp³-hybridized carbons (Fsp3) is 0.564. The van der Waals surface area contributed by atoms with E-state index in [0.29, 0.717) is 49.9 Å². The summed E-state index contributed by atoms with van der Waals surface area (Å²) < 4.78 is 7.47. The normalized spacial score (nSPS) is 28.4. The molecule has 12 nitrogen and oxygen atoms in total. The molecule has 0 radical (unpaired) electrons. The molecule has 3 aromatic rings. The van der Waals surface area contributed by atoms with Gasteiger partial charge in [-0.05, 0) is 88.0 Å². The molecule has 3 saturated heterocycles. The highest BCUT2D eigenvalue weighted by Crippen LogP contribution is 2.45. The first-order chi connectivity index (χ1) is 24.7. The van der Waals surface area contributed by atoms with Crippen LogP contribution in [0.4, 0.5) is 0 Å². The number of aryl methyl sites for hydroxylation is 1. The first-order valence-corrected chi connectivity index (χ1v) is 18.8. The van der Waals surface area contributed by atoms with Gasteiger partial charge >= 0.3 is 0 Å². The predicted molar refractivity (Wildman–Crippen MR) is 194 cm³/mol. The summed E-state index contributed by atoms with van der Waals surface area (Å²) in [5.74, 6) is 2.22. The average molecular weight is 694 g/mol. The molecule has 5 unspecified atom stereocenters. The number of likely N-dealkylation sites (tertiary alicyclic amines) is 2. The minimum absolute atomic E-state index is 0.0871. The number of hydrogen-bond donors (Lipinski definition) is 2. The van der Waals surface area contributed by atoms with E-state index >= 15 is 0 Å². The Morgan fingerprint density at radius 2 is 1.86 bits per heavy atom. The highest BCUT2D eigenvalue weighted by molar-refractivity contribution is 5.85. The number of aromatic nitrogens is 4. The number of fused-ring (bicyclic) bond motifs is 1. The van der Waals surface area contributed by atoms with E-state index in [0.717, 1.165) is 75.0 Å². The minimum Gasteiger partial charge on any atom is -0.475 e. The summed E-state index contributed by atoms with van der Waals surface area (Å²) in [5, 5.41) is 4.39. The zero-order valence-corrected chi connectivity index (χ0v) is 30.1. The highest BCUT2D eigenvalue weighted by Gasteiger charge is 2.51. The lowest BCUT2D eigenvalue weighted by Gasteiger charge is -2.46. The number of hydrogen-bond acceptors (Lipinski definition) is 9. The number of rotatable bonds is 8. The van der Waals surface area contributed by atoms with Crippen LogP contribution >= 0.6 is 0 Å². The second-order valence-corrected chi connectivity index (χ2v) is 15.6. The molecule has 1 saturated carbocycles. The molecule has 12 heteroatoms. The van der Waals surface area contributed by atoms with Gasteiger partial charge in [-0.2, -0.15) is 5.10 Å². The van der Waals surface area contributed by atoms with E-state index in [1.54, 1.807) is 11.0 Å². The number of benzene rings is 1. The summed E-state index contributed by atoms with van der Waals surface area (Å²) in [6, 6.07) is 13.2. The molecule has 51 heavy (non-hydrogen) atoms. The fourth-order valence-corrected chi connectivity index (χ4v) is 9.21. The van der Waals surface area contributed by atoms with Crippen LogP contribution < -0.4 is 15.6 Å². The van der Waals surface area contributed by atoms with Crippen LogP contribution in [0.25, 0.3) is 17.0 Å².